The van der Waals surface area contributed by atoms with Crippen LogP contribution in [0.5, 0.6) is 0 Å². The molecule has 2 heteroatoms. The first-order chi connectivity index (χ1) is 33.0. The Morgan fingerprint density at radius 1 is 0.313 bits per heavy atom. The molecule has 11 aromatic carbocycles. The highest BCUT2D eigenvalue weighted by molar-refractivity contribution is 6.22. The highest BCUT2D eigenvalue weighted by atomic mass is 15.1. The number of anilines is 3. The van der Waals surface area contributed by atoms with Gasteiger partial charge in [0.2, 0.25) is 0 Å². The SMILES string of the molecule is CC1(C)c2ccccc2-c2ccc(-n3c4ccccc4c4cc(N(c5ccccc5)c5ccc(-c6ccc7c(-c8ccccc8)c8ccccc8c(-c8ccccc8)c7c6)cc5)ccc43)cc21. The van der Waals surface area contributed by atoms with Crippen molar-refractivity contribution in [1.29, 1.82) is 0 Å². The Morgan fingerprint density at radius 3 is 1.55 bits per heavy atom. The van der Waals surface area contributed by atoms with Gasteiger partial charge in [-0.25, -0.2) is 0 Å². The minimum absolute atomic E-state index is 0.0835. The smallest absolute Gasteiger partial charge is 0.0542 e. The number of aromatic nitrogens is 1. The van der Waals surface area contributed by atoms with Gasteiger partial charge >= 0.3 is 0 Å². The molecule has 0 saturated heterocycles. The van der Waals surface area contributed by atoms with Crippen molar-refractivity contribution in [2.75, 3.05) is 4.90 Å². The van der Waals surface area contributed by atoms with Gasteiger partial charge in [0.25, 0.3) is 0 Å². The summed E-state index contributed by atoms with van der Waals surface area (Å²) in [5.41, 5.74) is 19.6. The zero-order chi connectivity index (χ0) is 44.6. The molecule has 1 heterocycles. The summed E-state index contributed by atoms with van der Waals surface area (Å²) in [7, 11) is 0. The summed E-state index contributed by atoms with van der Waals surface area (Å²) in [4.78, 5) is 2.39. The fourth-order valence-electron chi connectivity index (χ4n) is 11.2. The van der Waals surface area contributed by atoms with E-state index in [1.165, 1.54) is 105 Å². The van der Waals surface area contributed by atoms with E-state index in [-0.39, 0.29) is 5.41 Å². The molecule has 1 aliphatic rings. The Hall–Kier alpha value is -8.46. The second-order valence-corrected chi connectivity index (χ2v) is 18.5. The monoisotopic (exact) mass is 854 g/mol. The lowest BCUT2D eigenvalue weighted by atomic mass is 9.82. The van der Waals surface area contributed by atoms with E-state index < -0.39 is 0 Å². The van der Waals surface area contributed by atoms with Crippen molar-refractivity contribution >= 4 is 60.4 Å². The zero-order valence-corrected chi connectivity index (χ0v) is 37.5. The van der Waals surface area contributed by atoms with Crippen LogP contribution in [0.4, 0.5) is 17.1 Å². The molecule has 0 amide bonds. The molecular weight excluding hydrogens is 809 g/mol. The van der Waals surface area contributed by atoms with E-state index in [1.54, 1.807) is 0 Å². The van der Waals surface area contributed by atoms with Crippen LogP contribution in [0.25, 0.3) is 93.5 Å². The van der Waals surface area contributed by atoms with Gasteiger partial charge in [-0.05, 0) is 144 Å². The van der Waals surface area contributed by atoms with E-state index in [4.69, 9.17) is 0 Å². The van der Waals surface area contributed by atoms with Gasteiger partial charge in [0, 0.05) is 38.9 Å². The summed E-state index contributed by atoms with van der Waals surface area (Å²) in [5.74, 6) is 0. The third kappa shape index (κ3) is 6.18. The molecule has 12 aromatic rings. The lowest BCUT2D eigenvalue weighted by Crippen LogP contribution is -2.15. The first-order valence-corrected chi connectivity index (χ1v) is 23.3. The largest absolute Gasteiger partial charge is 0.310 e. The Morgan fingerprint density at radius 2 is 0.836 bits per heavy atom. The summed E-state index contributed by atoms with van der Waals surface area (Å²) >= 11 is 0. The molecular formula is C65H46N2. The number of nitrogens with zero attached hydrogens (tertiary/aromatic N) is 2. The zero-order valence-electron chi connectivity index (χ0n) is 37.5. The number of rotatable bonds is 7. The van der Waals surface area contributed by atoms with Crippen LogP contribution in [0.3, 0.4) is 0 Å². The van der Waals surface area contributed by atoms with Crippen LogP contribution in [0.1, 0.15) is 25.0 Å². The van der Waals surface area contributed by atoms with Crippen molar-refractivity contribution in [3.05, 3.63) is 254 Å². The van der Waals surface area contributed by atoms with E-state index in [9.17, 15) is 0 Å². The first kappa shape index (κ1) is 39.0. The molecule has 67 heavy (non-hydrogen) atoms. The maximum absolute atomic E-state index is 2.45. The van der Waals surface area contributed by atoms with Crippen molar-refractivity contribution in [2.45, 2.75) is 19.3 Å². The topological polar surface area (TPSA) is 8.17 Å². The standard InChI is InChI=1S/C65H46N2/c1-65(2)59-28-16-14-24-51(59)52-38-35-50(42-60(52)65)67-61-29-17-15-25-53(61)57-41-49(36-39-62(57)67)66(47-22-10-5-11-23-47)48-33-30-43(31-34-48)46-32-37-56-58(40-46)64(45-20-8-4-9-21-45)55-27-13-12-26-54(55)63(56)44-18-6-3-7-19-44/h3-42H,1-2H3. The van der Waals surface area contributed by atoms with Gasteiger partial charge in [-0.3, -0.25) is 0 Å². The molecule has 2 nitrogen and oxygen atoms in total. The van der Waals surface area contributed by atoms with Crippen molar-refractivity contribution < 1.29 is 0 Å². The molecule has 0 atom stereocenters. The Balaban J connectivity index is 0.933. The highest BCUT2D eigenvalue weighted by Gasteiger charge is 2.35. The van der Waals surface area contributed by atoms with Gasteiger partial charge in [0.1, 0.15) is 0 Å². The lowest BCUT2D eigenvalue weighted by Gasteiger charge is -2.26. The van der Waals surface area contributed by atoms with Crippen molar-refractivity contribution in [3.63, 3.8) is 0 Å². The summed E-state index contributed by atoms with van der Waals surface area (Å²) < 4.78 is 2.45. The van der Waals surface area contributed by atoms with E-state index in [0.29, 0.717) is 0 Å². The molecule has 0 aliphatic heterocycles. The second-order valence-electron chi connectivity index (χ2n) is 18.5. The average molecular weight is 855 g/mol. The van der Waals surface area contributed by atoms with Gasteiger partial charge in [-0.15, -0.1) is 0 Å². The molecule has 0 spiro atoms. The van der Waals surface area contributed by atoms with Gasteiger partial charge in [-0.1, -0.05) is 190 Å². The third-order valence-electron chi connectivity index (χ3n) is 14.4. The lowest BCUT2D eigenvalue weighted by molar-refractivity contribution is 0.660. The summed E-state index contributed by atoms with van der Waals surface area (Å²) in [5, 5.41) is 7.48. The average Bonchev–Trinajstić information content (AvgIpc) is 3.84. The van der Waals surface area contributed by atoms with Crippen LogP contribution in [-0.4, -0.2) is 4.57 Å². The normalized spacial score (nSPS) is 12.7. The number of hydrogen-bond acceptors (Lipinski definition) is 1. The van der Waals surface area contributed by atoms with E-state index in [1.807, 2.05) is 0 Å². The van der Waals surface area contributed by atoms with Gasteiger partial charge in [0.15, 0.2) is 0 Å². The second kappa shape index (κ2) is 15.3. The van der Waals surface area contributed by atoms with Crippen LogP contribution in [0, 0.1) is 0 Å². The van der Waals surface area contributed by atoms with Crippen molar-refractivity contribution in [1.82, 2.24) is 4.57 Å². The molecule has 0 fully saturated rings. The highest BCUT2D eigenvalue weighted by Crippen LogP contribution is 2.50. The van der Waals surface area contributed by atoms with Crippen molar-refractivity contribution in [2.24, 2.45) is 0 Å². The minimum Gasteiger partial charge on any atom is -0.310 e. The summed E-state index contributed by atoms with van der Waals surface area (Å²) in [6.07, 6.45) is 0. The minimum atomic E-state index is -0.0835. The van der Waals surface area contributed by atoms with Crippen LogP contribution in [0.2, 0.25) is 0 Å². The van der Waals surface area contributed by atoms with E-state index in [0.717, 1.165) is 17.1 Å². The molecule has 0 unspecified atom stereocenters. The van der Waals surface area contributed by atoms with Crippen LogP contribution in [0.15, 0.2) is 243 Å². The molecule has 0 radical (unpaired) electrons. The fraction of sp³-hybridized carbons (Fsp3) is 0.0462. The molecule has 13 rings (SSSR count). The first-order valence-electron chi connectivity index (χ1n) is 23.3. The van der Waals surface area contributed by atoms with Gasteiger partial charge < -0.3 is 9.47 Å². The Labute approximate surface area is 391 Å². The molecule has 1 aromatic heterocycles. The molecule has 0 saturated carbocycles. The van der Waals surface area contributed by atoms with E-state index >= 15 is 0 Å². The number of benzene rings is 11. The summed E-state index contributed by atoms with van der Waals surface area (Å²) in [6.45, 7) is 4.72. The molecule has 316 valence electrons. The summed E-state index contributed by atoms with van der Waals surface area (Å²) in [6, 6.07) is 89.3. The predicted octanol–water partition coefficient (Wildman–Crippen LogP) is 17.9. The Bertz CT molecular complexity index is 3860. The predicted molar refractivity (Wildman–Crippen MR) is 284 cm³/mol. The van der Waals surface area contributed by atoms with Gasteiger partial charge in [-0.2, -0.15) is 0 Å². The van der Waals surface area contributed by atoms with Gasteiger partial charge in [0.05, 0.1) is 11.0 Å². The maximum atomic E-state index is 2.45. The molecule has 1 aliphatic carbocycles. The van der Waals surface area contributed by atoms with E-state index in [2.05, 4.69) is 266 Å². The number of hydrogen-bond donors (Lipinski definition) is 0. The number of fused-ring (bicyclic) bond motifs is 8. The van der Waals surface area contributed by atoms with Crippen LogP contribution in [-0.2, 0) is 5.41 Å². The quantitative estimate of drug-likeness (QED) is 0.145. The van der Waals surface area contributed by atoms with Crippen molar-refractivity contribution in [3.8, 4) is 50.2 Å². The Kier molecular flexibility index (Phi) is 8.91. The third-order valence-corrected chi connectivity index (χ3v) is 14.4. The van der Waals surface area contributed by atoms with Crippen LogP contribution >= 0.6 is 0 Å². The number of para-hydroxylation sites is 2. The maximum Gasteiger partial charge on any atom is 0.0542 e. The van der Waals surface area contributed by atoms with Crippen LogP contribution < -0.4 is 4.90 Å². The molecule has 0 bridgehead atoms. The molecule has 0 N–H and O–H groups in total. The fourth-order valence-corrected chi connectivity index (χ4v) is 11.2.